The van der Waals surface area contributed by atoms with Gasteiger partial charge in [0.2, 0.25) is 0 Å². The van der Waals surface area contributed by atoms with Gasteiger partial charge in [0.15, 0.2) is 23.0 Å². The smallest absolute Gasteiger partial charge is 0.290 e. The number of piperazine rings is 1. The predicted octanol–water partition coefficient (Wildman–Crippen LogP) is 3.35. The van der Waals surface area contributed by atoms with E-state index in [4.69, 9.17) is 26.2 Å². The lowest BCUT2D eigenvalue weighted by atomic mass is 9.90. The number of aliphatic hydroxyl groups is 1. The second-order valence-corrected chi connectivity index (χ2v) is 11.6. The minimum Gasteiger partial charge on any atom is -0.494 e. The van der Waals surface area contributed by atoms with E-state index in [1.54, 1.807) is 51.0 Å². The number of aromatic nitrogens is 3. The molecule has 47 heavy (non-hydrogen) atoms. The fraction of sp³-hybridized carbons (Fsp3) is 0.344. The molecule has 0 unspecified atom stereocenters. The number of carboxylic acid groups (broad SMARTS) is 1. The minimum absolute atomic E-state index is 0.0542. The van der Waals surface area contributed by atoms with Crippen LogP contribution in [0, 0.1) is 12.7 Å². The van der Waals surface area contributed by atoms with Crippen molar-refractivity contribution in [2.24, 2.45) is 0 Å². The number of aryl methyl sites for hydroxylation is 1. The highest BCUT2D eigenvalue weighted by atomic mass is 35.5. The molecule has 0 saturated carbocycles. The van der Waals surface area contributed by atoms with Crippen molar-refractivity contribution in [1.82, 2.24) is 29.5 Å². The van der Waals surface area contributed by atoms with Crippen LogP contribution in [0.15, 0.2) is 48.9 Å². The Bertz CT molecular complexity index is 1790. The molecule has 4 N–H and O–H groups in total. The first kappa shape index (κ1) is 33.6. The molecule has 4 heterocycles. The van der Waals surface area contributed by atoms with Crippen LogP contribution in [-0.4, -0.2) is 105 Å². The van der Waals surface area contributed by atoms with Gasteiger partial charge in [0.1, 0.15) is 5.60 Å². The zero-order chi connectivity index (χ0) is 33.7. The van der Waals surface area contributed by atoms with Crippen molar-refractivity contribution in [3.05, 3.63) is 70.9 Å². The molecule has 2 aromatic carbocycles. The number of imidazole rings is 1. The molecule has 0 radical (unpaired) electrons. The third kappa shape index (κ3) is 6.84. The Hall–Kier alpha value is -4.79. The zero-order valence-electron chi connectivity index (χ0n) is 25.9. The number of ether oxygens (including phenoxy) is 1. The van der Waals surface area contributed by atoms with E-state index in [2.05, 4.69) is 20.6 Å². The Morgan fingerprint density at radius 2 is 1.79 bits per heavy atom. The normalized spacial score (nSPS) is 15.9. The molecule has 0 bridgehead atoms. The summed E-state index contributed by atoms with van der Waals surface area (Å²) in [6.45, 7) is 4.40. The topological polar surface area (TPSA) is 162 Å². The van der Waals surface area contributed by atoms with Gasteiger partial charge in [-0.1, -0.05) is 11.6 Å². The number of piperidine rings is 1. The van der Waals surface area contributed by atoms with Crippen LogP contribution in [0.4, 0.5) is 15.9 Å². The van der Waals surface area contributed by atoms with Crippen LogP contribution < -0.4 is 15.4 Å². The number of carbonyl (C=O) groups is 3. The molecule has 2 aromatic heterocycles. The van der Waals surface area contributed by atoms with Crippen LogP contribution in [0.5, 0.6) is 5.75 Å². The monoisotopic (exact) mass is 667 g/mol. The largest absolute Gasteiger partial charge is 0.494 e. The van der Waals surface area contributed by atoms with Gasteiger partial charge >= 0.3 is 0 Å². The number of fused-ring (bicyclic) bond motifs is 1. The summed E-state index contributed by atoms with van der Waals surface area (Å²) in [4.78, 5) is 47.1. The molecular weight excluding hydrogens is 633 g/mol. The number of nitrogens with one attached hydrogen (secondary N) is 2. The van der Waals surface area contributed by atoms with E-state index in [1.807, 2.05) is 13.0 Å². The van der Waals surface area contributed by atoms with Gasteiger partial charge in [0.25, 0.3) is 18.3 Å². The molecule has 0 aliphatic carbocycles. The quantitative estimate of drug-likeness (QED) is 0.225. The van der Waals surface area contributed by atoms with Crippen LogP contribution in [0.25, 0.3) is 16.9 Å². The number of rotatable bonds is 6. The number of anilines is 2. The molecule has 2 aliphatic rings. The van der Waals surface area contributed by atoms with Crippen molar-refractivity contribution in [1.29, 1.82) is 0 Å². The van der Waals surface area contributed by atoms with E-state index < -0.39 is 11.4 Å². The maximum absolute atomic E-state index is 14.6. The van der Waals surface area contributed by atoms with Crippen molar-refractivity contribution >= 4 is 47.0 Å². The van der Waals surface area contributed by atoms with Crippen molar-refractivity contribution in [2.45, 2.75) is 25.4 Å². The number of carbonyl (C=O) groups excluding carboxylic acids is 2. The third-order valence-corrected chi connectivity index (χ3v) is 8.74. The second kappa shape index (κ2) is 14.3. The fourth-order valence-electron chi connectivity index (χ4n) is 5.84. The molecule has 4 aromatic rings. The fourth-order valence-corrected chi connectivity index (χ4v) is 6.10. The van der Waals surface area contributed by atoms with Crippen LogP contribution >= 0.6 is 11.6 Å². The molecule has 15 heteroatoms. The summed E-state index contributed by atoms with van der Waals surface area (Å²) in [7, 11) is 1.38. The summed E-state index contributed by atoms with van der Waals surface area (Å²) < 4.78 is 21.4. The van der Waals surface area contributed by atoms with Gasteiger partial charge in [-0.15, -0.1) is 0 Å². The van der Waals surface area contributed by atoms with Crippen LogP contribution in [-0.2, 0) is 9.59 Å². The van der Waals surface area contributed by atoms with E-state index in [1.165, 1.54) is 13.2 Å². The number of amides is 2. The number of halogens is 2. The first-order chi connectivity index (χ1) is 22.6. The Labute approximate surface area is 274 Å². The van der Waals surface area contributed by atoms with E-state index in [0.717, 1.165) is 5.56 Å². The summed E-state index contributed by atoms with van der Waals surface area (Å²) in [5.74, 6) is -0.476. The standard InChI is InChI=1S/C31H33ClFN7O4.CH2O2/c1-19-17-20(3-4-21(19)29(41)38-13-15-39(16-14-38)30(42)31(43)7-9-34-10-8-31)37-27-28-36-18-23(40(28)12-11-35-27)22-5-6-24(44-2)26(33)25(22)32;2-1-3/h3-6,11-12,17-18,34,43H,7-10,13-16H2,1-2H3,(H,35,37);1H,(H,2,3). The van der Waals surface area contributed by atoms with Gasteiger partial charge in [-0.2, -0.15) is 0 Å². The predicted molar refractivity (Wildman–Crippen MR) is 173 cm³/mol. The molecule has 2 amide bonds. The highest BCUT2D eigenvalue weighted by Gasteiger charge is 2.41. The van der Waals surface area contributed by atoms with Crippen molar-refractivity contribution in [3.8, 4) is 17.0 Å². The molecular formula is C32H35ClFN7O6. The number of nitrogens with zero attached hydrogens (tertiary/aromatic N) is 5. The molecule has 2 aliphatic heterocycles. The van der Waals surface area contributed by atoms with Crippen LogP contribution in [0.2, 0.25) is 5.02 Å². The summed E-state index contributed by atoms with van der Waals surface area (Å²) in [6.07, 6.45) is 5.71. The number of methoxy groups -OCH3 is 1. The third-order valence-electron chi connectivity index (χ3n) is 8.37. The van der Waals surface area contributed by atoms with Gasteiger partial charge in [-0.05, 0) is 68.8 Å². The zero-order valence-corrected chi connectivity index (χ0v) is 26.6. The second-order valence-electron chi connectivity index (χ2n) is 11.2. The summed E-state index contributed by atoms with van der Waals surface area (Å²) in [5, 5.41) is 24.1. The van der Waals surface area contributed by atoms with E-state index in [0.29, 0.717) is 86.1 Å². The maximum atomic E-state index is 14.6. The van der Waals surface area contributed by atoms with Gasteiger partial charge in [-0.25, -0.2) is 14.4 Å². The summed E-state index contributed by atoms with van der Waals surface area (Å²) in [5.41, 5.74) is 2.28. The molecule has 248 valence electrons. The van der Waals surface area contributed by atoms with Crippen molar-refractivity contribution in [3.63, 3.8) is 0 Å². The summed E-state index contributed by atoms with van der Waals surface area (Å²) in [6, 6.07) is 8.63. The molecule has 2 saturated heterocycles. The summed E-state index contributed by atoms with van der Waals surface area (Å²) >= 11 is 6.32. The van der Waals surface area contributed by atoms with Gasteiger partial charge in [0.05, 0.1) is 24.0 Å². The maximum Gasteiger partial charge on any atom is 0.290 e. The van der Waals surface area contributed by atoms with Crippen LogP contribution in [0.3, 0.4) is 0 Å². The Morgan fingerprint density at radius 1 is 1.11 bits per heavy atom. The molecule has 0 spiro atoms. The van der Waals surface area contributed by atoms with Gasteiger partial charge in [-0.3, -0.25) is 18.8 Å². The first-order valence-electron chi connectivity index (χ1n) is 14.9. The Morgan fingerprint density at radius 3 is 2.45 bits per heavy atom. The van der Waals surface area contributed by atoms with Crippen molar-refractivity contribution in [2.75, 3.05) is 51.7 Å². The van der Waals surface area contributed by atoms with E-state index >= 15 is 0 Å². The SMILES string of the molecule is COc1ccc(-c2cnc3c(Nc4ccc(C(=O)N5CCN(C(=O)C6(O)CCNCC6)CC5)c(C)c4)nccn23)c(Cl)c1F.O=CO. The average Bonchev–Trinajstić information content (AvgIpc) is 3.51. The van der Waals surface area contributed by atoms with Crippen molar-refractivity contribution < 1.29 is 33.7 Å². The highest BCUT2D eigenvalue weighted by Crippen LogP contribution is 2.36. The molecule has 6 rings (SSSR count). The van der Waals surface area contributed by atoms with E-state index in [-0.39, 0.29) is 29.1 Å². The lowest BCUT2D eigenvalue weighted by molar-refractivity contribution is -0.155. The first-order valence-corrected chi connectivity index (χ1v) is 15.3. The minimum atomic E-state index is -1.32. The Balaban J connectivity index is 0.00000139. The average molecular weight is 668 g/mol. The number of hydrogen-bond acceptors (Lipinski definition) is 9. The number of hydrogen-bond donors (Lipinski definition) is 4. The molecule has 0 atom stereocenters. The highest BCUT2D eigenvalue weighted by molar-refractivity contribution is 6.33. The van der Waals surface area contributed by atoms with Gasteiger partial charge < -0.3 is 35.4 Å². The molecule has 2 fully saturated rings. The Kier molecular flexibility index (Phi) is 10.2. The lowest BCUT2D eigenvalue weighted by Gasteiger charge is -2.40. The lowest BCUT2D eigenvalue weighted by Crippen LogP contribution is -2.59. The van der Waals surface area contributed by atoms with Crippen LogP contribution in [0.1, 0.15) is 28.8 Å². The number of benzene rings is 2. The van der Waals surface area contributed by atoms with E-state index in [9.17, 15) is 19.1 Å². The molecule has 13 nitrogen and oxygen atoms in total. The van der Waals surface area contributed by atoms with Gasteiger partial charge in [0, 0.05) is 55.4 Å².